The molecule has 1 aliphatic heterocycles. The number of thiophene rings is 1. The summed E-state index contributed by atoms with van der Waals surface area (Å²) in [6, 6.07) is 16.9. The quantitative estimate of drug-likeness (QED) is 0.383. The molecule has 0 bridgehead atoms. The lowest BCUT2D eigenvalue weighted by molar-refractivity contribution is -0.137. The number of carbonyl (C=O) groups excluding carboxylic acids is 3. The van der Waals surface area contributed by atoms with Crippen LogP contribution in [0.25, 0.3) is 0 Å². The third kappa shape index (κ3) is 7.14. The summed E-state index contributed by atoms with van der Waals surface area (Å²) in [6.07, 6.45) is -0.230. The monoisotopic (exact) mass is 550 g/mol. The van der Waals surface area contributed by atoms with E-state index in [1.54, 1.807) is 42.5 Å². The Bertz CT molecular complexity index is 1310. The predicted octanol–water partition coefficient (Wildman–Crippen LogP) is 4.22. The Labute approximate surface area is 230 Å². The Hall–Kier alpha value is -4.38. The van der Waals surface area contributed by atoms with Crippen molar-refractivity contribution in [3.05, 3.63) is 82.0 Å². The van der Waals surface area contributed by atoms with Gasteiger partial charge in [-0.1, -0.05) is 24.3 Å². The highest BCUT2D eigenvalue weighted by atomic mass is 32.1. The molecule has 39 heavy (non-hydrogen) atoms. The smallest absolute Gasteiger partial charge is 0.411 e. The molecule has 1 aromatic heterocycles. The highest BCUT2D eigenvalue weighted by Gasteiger charge is 2.24. The van der Waals surface area contributed by atoms with E-state index in [0.29, 0.717) is 43.1 Å². The molecule has 0 spiro atoms. The molecule has 11 heteroatoms. The summed E-state index contributed by atoms with van der Waals surface area (Å²) in [4.78, 5) is 54.2. The number of anilines is 2. The largest absolute Gasteiger partial charge is 0.481 e. The molecular weight excluding hydrogens is 520 g/mol. The van der Waals surface area contributed by atoms with E-state index in [-0.39, 0.29) is 17.9 Å². The van der Waals surface area contributed by atoms with Gasteiger partial charge in [-0.2, -0.15) is 0 Å². The molecule has 2 aromatic carbocycles. The molecular formula is C28H30N4O6S. The van der Waals surface area contributed by atoms with Crippen LogP contribution in [-0.4, -0.2) is 67.2 Å². The molecule has 4 rings (SSSR count). The number of carbonyl (C=O) groups is 4. The summed E-state index contributed by atoms with van der Waals surface area (Å²) < 4.78 is 4.79. The summed E-state index contributed by atoms with van der Waals surface area (Å²) in [5.74, 6) is -1.53. The van der Waals surface area contributed by atoms with Crippen LogP contribution >= 0.6 is 11.3 Å². The number of benzene rings is 2. The van der Waals surface area contributed by atoms with Crippen molar-refractivity contribution in [2.45, 2.75) is 18.9 Å². The number of hydrogen-bond acceptors (Lipinski definition) is 7. The van der Waals surface area contributed by atoms with E-state index in [4.69, 9.17) is 4.74 Å². The van der Waals surface area contributed by atoms with Gasteiger partial charge in [-0.05, 0) is 48.2 Å². The Balaban J connectivity index is 1.53. The molecule has 1 unspecified atom stereocenters. The van der Waals surface area contributed by atoms with Gasteiger partial charge in [0.1, 0.15) is 0 Å². The number of rotatable bonds is 8. The van der Waals surface area contributed by atoms with Crippen molar-refractivity contribution in [2.24, 2.45) is 0 Å². The molecule has 3 amide bonds. The number of hydrogen-bond donors (Lipinski definition) is 3. The average Bonchev–Trinajstić information content (AvgIpc) is 3.37. The molecule has 0 saturated carbocycles. The highest BCUT2D eigenvalue weighted by molar-refractivity contribution is 7.10. The van der Waals surface area contributed by atoms with Gasteiger partial charge in [-0.25, -0.2) is 4.79 Å². The zero-order valence-corrected chi connectivity index (χ0v) is 22.3. The average molecular weight is 551 g/mol. The Kier molecular flexibility index (Phi) is 9.16. The Morgan fingerprint density at radius 1 is 0.974 bits per heavy atom. The van der Waals surface area contributed by atoms with Crippen LogP contribution in [0.1, 0.15) is 44.5 Å². The van der Waals surface area contributed by atoms with Gasteiger partial charge in [0.25, 0.3) is 11.8 Å². The molecule has 3 aromatic rings. The summed E-state index contributed by atoms with van der Waals surface area (Å²) in [5, 5.41) is 16.6. The van der Waals surface area contributed by atoms with E-state index in [2.05, 4.69) is 15.5 Å². The van der Waals surface area contributed by atoms with E-state index in [1.165, 1.54) is 18.4 Å². The van der Waals surface area contributed by atoms with E-state index < -0.39 is 24.0 Å². The fourth-order valence-corrected chi connectivity index (χ4v) is 5.25. The zero-order chi connectivity index (χ0) is 27.8. The van der Waals surface area contributed by atoms with E-state index in [0.717, 1.165) is 11.3 Å². The van der Waals surface area contributed by atoms with Crippen LogP contribution in [0.2, 0.25) is 0 Å². The lowest BCUT2D eigenvalue weighted by Crippen LogP contribution is -2.35. The minimum absolute atomic E-state index is 0.0287. The first-order valence-electron chi connectivity index (χ1n) is 12.5. The van der Waals surface area contributed by atoms with Crippen molar-refractivity contribution in [1.82, 2.24) is 10.2 Å². The van der Waals surface area contributed by atoms with Crippen molar-refractivity contribution in [1.29, 1.82) is 0 Å². The van der Waals surface area contributed by atoms with Crippen LogP contribution in [0.4, 0.5) is 16.2 Å². The van der Waals surface area contributed by atoms with Gasteiger partial charge in [-0.3, -0.25) is 19.7 Å². The van der Waals surface area contributed by atoms with Gasteiger partial charge in [0.15, 0.2) is 0 Å². The van der Waals surface area contributed by atoms with Crippen LogP contribution < -0.4 is 15.5 Å². The second-order valence-corrected chi connectivity index (χ2v) is 9.97. The number of aliphatic carboxylic acids is 1. The first kappa shape index (κ1) is 27.6. The van der Waals surface area contributed by atoms with Crippen molar-refractivity contribution in [3.8, 4) is 0 Å². The van der Waals surface area contributed by atoms with Crippen LogP contribution in [0.5, 0.6) is 0 Å². The molecule has 1 saturated heterocycles. The molecule has 0 aliphatic carbocycles. The molecule has 2 heterocycles. The van der Waals surface area contributed by atoms with Crippen molar-refractivity contribution < 1.29 is 29.0 Å². The van der Waals surface area contributed by atoms with Gasteiger partial charge < -0.3 is 25.0 Å². The van der Waals surface area contributed by atoms with Crippen LogP contribution in [0.15, 0.2) is 66.0 Å². The normalized spacial score (nSPS) is 14.2. The molecule has 0 radical (unpaired) electrons. The fourth-order valence-electron chi connectivity index (χ4n) is 4.47. The molecule has 3 N–H and O–H groups in total. The molecule has 204 valence electrons. The number of methoxy groups -OCH3 is 1. The number of nitrogens with one attached hydrogen (secondary N) is 2. The third-order valence-corrected chi connectivity index (χ3v) is 7.38. The molecule has 1 atom stereocenters. The summed E-state index contributed by atoms with van der Waals surface area (Å²) in [6.45, 7) is 2.25. The SMILES string of the molecule is COC(=O)Nc1cc(C(=O)NC(CC(=O)O)c2cccs2)ccc1N1CCCN(C(=O)c2ccccc2)CC1. The fraction of sp³-hybridized carbons (Fsp3) is 0.286. The first-order valence-corrected chi connectivity index (χ1v) is 13.4. The first-order chi connectivity index (χ1) is 18.9. The van der Waals surface area contributed by atoms with Crippen molar-refractivity contribution in [2.75, 3.05) is 43.5 Å². The van der Waals surface area contributed by atoms with E-state index >= 15 is 0 Å². The third-order valence-electron chi connectivity index (χ3n) is 6.40. The number of amides is 3. The van der Waals surface area contributed by atoms with Crippen molar-refractivity contribution >= 4 is 46.6 Å². The lowest BCUT2D eigenvalue weighted by Gasteiger charge is -2.26. The molecule has 10 nitrogen and oxygen atoms in total. The summed E-state index contributed by atoms with van der Waals surface area (Å²) in [7, 11) is 1.25. The number of carboxylic acids is 1. The van der Waals surface area contributed by atoms with E-state index in [9.17, 15) is 24.3 Å². The van der Waals surface area contributed by atoms with Crippen LogP contribution in [0, 0.1) is 0 Å². The van der Waals surface area contributed by atoms with E-state index in [1.807, 2.05) is 28.5 Å². The van der Waals surface area contributed by atoms with Gasteiger partial charge in [0, 0.05) is 42.2 Å². The van der Waals surface area contributed by atoms with Crippen LogP contribution in [0.3, 0.4) is 0 Å². The van der Waals surface area contributed by atoms with Gasteiger partial charge in [0.2, 0.25) is 0 Å². The van der Waals surface area contributed by atoms with Crippen molar-refractivity contribution in [3.63, 3.8) is 0 Å². The zero-order valence-electron chi connectivity index (χ0n) is 21.5. The minimum Gasteiger partial charge on any atom is -0.481 e. The van der Waals surface area contributed by atoms with Gasteiger partial charge in [-0.15, -0.1) is 11.3 Å². The molecule has 1 aliphatic rings. The maximum absolute atomic E-state index is 13.1. The second-order valence-electron chi connectivity index (χ2n) is 8.99. The van der Waals surface area contributed by atoms with Crippen LogP contribution in [-0.2, 0) is 9.53 Å². The lowest BCUT2D eigenvalue weighted by atomic mass is 10.1. The summed E-state index contributed by atoms with van der Waals surface area (Å²) in [5.41, 5.74) is 1.96. The summed E-state index contributed by atoms with van der Waals surface area (Å²) >= 11 is 1.36. The van der Waals surface area contributed by atoms with Gasteiger partial charge in [0.05, 0.1) is 30.9 Å². The Morgan fingerprint density at radius 2 is 1.77 bits per heavy atom. The number of nitrogens with zero attached hydrogens (tertiary/aromatic N) is 2. The Morgan fingerprint density at radius 3 is 2.46 bits per heavy atom. The second kappa shape index (κ2) is 12.9. The predicted molar refractivity (Wildman–Crippen MR) is 148 cm³/mol. The molecule has 1 fully saturated rings. The topological polar surface area (TPSA) is 128 Å². The standard InChI is InChI=1S/C28H30N4O6S/c1-38-28(37)30-21-17-20(26(35)29-22(18-25(33)34)24-9-5-16-39-24)10-11-23(21)31-12-6-13-32(15-14-31)27(36)19-7-3-2-4-8-19/h2-5,7-11,16-17,22H,6,12-15,18H2,1H3,(H,29,35)(H,30,37)(H,33,34). The highest BCUT2D eigenvalue weighted by Crippen LogP contribution is 2.30. The maximum atomic E-state index is 13.1. The maximum Gasteiger partial charge on any atom is 0.411 e. The van der Waals surface area contributed by atoms with Gasteiger partial charge >= 0.3 is 12.1 Å². The minimum atomic E-state index is -1.03. The number of ether oxygens (including phenoxy) is 1. The number of carboxylic acid groups (broad SMARTS) is 1.